The number of carbonyl (C=O) groups is 2. The number of rotatable bonds is 5. The van der Waals surface area contributed by atoms with Crippen LogP contribution in [0.15, 0.2) is 24.3 Å². The maximum Gasteiger partial charge on any atom is 0.337 e. The Labute approximate surface area is 104 Å². The third-order valence-corrected chi connectivity index (χ3v) is 2.45. The van der Waals surface area contributed by atoms with Gasteiger partial charge in [0.25, 0.3) is 0 Å². The van der Waals surface area contributed by atoms with Crippen molar-refractivity contribution >= 4 is 11.9 Å². The lowest BCUT2D eigenvalue weighted by Crippen LogP contribution is -2.25. The molecule has 2 unspecified atom stereocenters. The first kappa shape index (κ1) is 14.1. The summed E-state index contributed by atoms with van der Waals surface area (Å²) in [6, 6.07) is 5.87. The zero-order chi connectivity index (χ0) is 13.7. The Kier molecular flexibility index (Phi) is 4.82. The van der Waals surface area contributed by atoms with Gasteiger partial charge in [0.05, 0.1) is 25.2 Å². The van der Waals surface area contributed by atoms with E-state index in [0.717, 1.165) is 0 Å². The molecule has 1 aromatic rings. The number of ether oxygens (including phenoxy) is 1. The van der Waals surface area contributed by atoms with Gasteiger partial charge in [0.15, 0.2) is 0 Å². The van der Waals surface area contributed by atoms with Crippen molar-refractivity contribution in [1.82, 2.24) is 0 Å². The van der Waals surface area contributed by atoms with Crippen molar-refractivity contribution in [3.05, 3.63) is 35.4 Å². The quantitative estimate of drug-likeness (QED) is 0.626. The van der Waals surface area contributed by atoms with E-state index in [2.05, 4.69) is 4.74 Å². The summed E-state index contributed by atoms with van der Waals surface area (Å²) in [5.41, 5.74) is 5.64. The van der Waals surface area contributed by atoms with E-state index < -0.39 is 24.1 Å². The summed E-state index contributed by atoms with van der Waals surface area (Å²) in [4.78, 5) is 21.8. The van der Waals surface area contributed by atoms with E-state index in [-0.39, 0.29) is 6.42 Å². The fourth-order valence-electron chi connectivity index (χ4n) is 1.47. The second-order valence-corrected chi connectivity index (χ2v) is 3.80. The van der Waals surface area contributed by atoms with Crippen LogP contribution in [0, 0.1) is 0 Å². The maximum atomic E-state index is 11.2. The molecule has 0 aliphatic carbocycles. The van der Waals surface area contributed by atoms with Gasteiger partial charge in [-0.1, -0.05) is 12.1 Å². The molecule has 0 saturated carbocycles. The average Bonchev–Trinajstić information content (AvgIpc) is 2.36. The number of hydrogen-bond donors (Lipinski definition) is 3. The van der Waals surface area contributed by atoms with E-state index in [0.29, 0.717) is 11.1 Å². The Morgan fingerprint density at radius 2 is 1.83 bits per heavy atom. The van der Waals surface area contributed by atoms with E-state index >= 15 is 0 Å². The number of carbonyl (C=O) groups excluding carboxylic acids is 2. The number of aliphatic hydroxyl groups excluding tert-OH is 2. The van der Waals surface area contributed by atoms with Gasteiger partial charge < -0.3 is 20.7 Å². The number of aliphatic hydroxyl groups is 2. The van der Waals surface area contributed by atoms with Crippen LogP contribution >= 0.6 is 0 Å². The molecular formula is C12H15NO5. The van der Waals surface area contributed by atoms with Gasteiger partial charge in [-0.15, -0.1) is 0 Å². The molecule has 98 valence electrons. The molecule has 0 fully saturated rings. The first-order chi connectivity index (χ1) is 8.45. The summed E-state index contributed by atoms with van der Waals surface area (Å²) in [5.74, 6) is -1.19. The SMILES string of the molecule is COC(=O)c1ccc(C(O)C(O)CC(N)=O)cc1. The highest BCUT2D eigenvalue weighted by atomic mass is 16.5. The van der Waals surface area contributed by atoms with Crippen LogP contribution in [0.4, 0.5) is 0 Å². The Bertz CT molecular complexity index is 429. The first-order valence-electron chi connectivity index (χ1n) is 5.28. The summed E-state index contributed by atoms with van der Waals surface area (Å²) < 4.78 is 4.52. The Balaban J connectivity index is 2.78. The summed E-state index contributed by atoms with van der Waals surface area (Å²) in [7, 11) is 1.27. The van der Waals surface area contributed by atoms with Gasteiger partial charge in [-0.2, -0.15) is 0 Å². The highest BCUT2D eigenvalue weighted by Crippen LogP contribution is 2.19. The van der Waals surface area contributed by atoms with Gasteiger partial charge >= 0.3 is 5.97 Å². The smallest absolute Gasteiger partial charge is 0.337 e. The second-order valence-electron chi connectivity index (χ2n) is 3.80. The Hall–Kier alpha value is -1.92. The van der Waals surface area contributed by atoms with Crippen LogP contribution in [-0.4, -0.2) is 35.3 Å². The van der Waals surface area contributed by atoms with Crippen molar-refractivity contribution in [2.24, 2.45) is 5.73 Å². The number of primary amides is 1. The molecule has 0 bridgehead atoms. The lowest BCUT2D eigenvalue weighted by molar-refractivity contribution is -0.121. The third kappa shape index (κ3) is 3.54. The van der Waals surface area contributed by atoms with Gasteiger partial charge in [0.2, 0.25) is 5.91 Å². The molecule has 0 radical (unpaired) electrons. The number of benzene rings is 1. The van der Waals surface area contributed by atoms with Gasteiger partial charge in [0.1, 0.15) is 6.10 Å². The summed E-state index contributed by atoms with van der Waals surface area (Å²) >= 11 is 0. The van der Waals surface area contributed by atoms with E-state index in [1.807, 2.05) is 0 Å². The largest absolute Gasteiger partial charge is 0.465 e. The molecule has 0 aliphatic heterocycles. The lowest BCUT2D eigenvalue weighted by Gasteiger charge is -2.16. The van der Waals surface area contributed by atoms with Crippen LogP contribution in [0.1, 0.15) is 28.4 Å². The molecule has 0 saturated heterocycles. The van der Waals surface area contributed by atoms with Crippen molar-refractivity contribution in [3.63, 3.8) is 0 Å². The Morgan fingerprint density at radius 1 is 1.28 bits per heavy atom. The number of hydrogen-bond acceptors (Lipinski definition) is 5. The van der Waals surface area contributed by atoms with Crippen molar-refractivity contribution in [2.45, 2.75) is 18.6 Å². The van der Waals surface area contributed by atoms with E-state index in [9.17, 15) is 19.8 Å². The number of amides is 1. The van der Waals surface area contributed by atoms with Crippen LogP contribution in [0.5, 0.6) is 0 Å². The second kappa shape index (κ2) is 6.13. The zero-order valence-electron chi connectivity index (χ0n) is 9.87. The predicted octanol–water partition coefficient (Wildman–Crippen LogP) is -0.257. The standard InChI is InChI=1S/C12H15NO5/c1-18-12(17)8-4-2-7(3-5-8)11(16)9(14)6-10(13)15/h2-5,9,11,14,16H,6H2,1H3,(H2,13,15). The van der Waals surface area contributed by atoms with Gasteiger partial charge in [-0.25, -0.2) is 4.79 Å². The molecular weight excluding hydrogens is 238 g/mol. The number of nitrogens with two attached hydrogens (primary N) is 1. The molecule has 1 rings (SSSR count). The van der Waals surface area contributed by atoms with E-state index in [1.54, 1.807) is 0 Å². The molecule has 0 spiro atoms. The van der Waals surface area contributed by atoms with Crippen molar-refractivity contribution in [2.75, 3.05) is 7.11 Å². The molecule has 6 nitrogen and oxygen atoms in total. The molecule has 1 aromatic carbocycles. The van der Waals surface area contributed by atoms with Crippen molar-refractivity contribution in [1.29, 1.82) is 0 Å². The first-order valence-corrected chi connectivity index (χ1v) is 5.28. The minimum Gasteiger partial charge on any atom is -0.465 e. The van der Waals surface area contributed by atoms with Gasteiger partial charge in [-0.05, 0) is 17.7 Å². The van der Waals surface area contributed by atoms with Gasteiger partial charge in [-0.3, -0.25) is 4.79 Å². The third-order valence-electron chi connectivity index (χ3n) is 2.45. The Morgan fingerprint density at radius 3 is 2.28 bits per heavy atom. The summed E-state index contributed by atoms with van der Waals surface area (Å²) in [6.07, 6.45) is -2.84. The molecule has 0 aliphatic rings. The number of esters is 1. The highest BCUT2D eigenvalue weighted by Gasteiger charge is 2.20. The summed E-state index contributed by atoms with van der Waals surface area (Å²) in [6.45, 7) is 0. The average molecular weight is 253 g/mol. The van der Waals surface area contributed by atoms with Crippen LogP contribution in [0.2, 0.25) is 0 Å². The van der Waals surface area contributed by atoms with Crippen molar-refractivity contribution in [3.8, 4) is 0 Å². The van der Waals surface area contributed by atoms with Crippen molar-refractivity contribution < 1.29 is 24.5 Å². The molecule has 0 aromatic heterocycles. The van der Waals surface area contributed by atoms with Crippen LogP contribution in [0.25, 0.3) is 0 Å². The van der Waals surface area contributed by atoms with Crippen LogP contribution < -0.4 is 5.73 Å². The van der Waals surface area contributed by atoms with E-state index in [4.69, 9.17) is 5.73 Å². The molecule has 4 N–H and O–H groups in total. The summed E-state index contributed by atoms with van der Waals surface area (Å²) in [5, 5.41) is 19.3. The lowest BCUT2D eigenvalue weighted by atomic mass is 10.0. The molecule has 2 atom stereocenters. The predicted molar refractivity (Wildman–Crippen MR) is 62.6 cm³/mol. The van der Waals surface area contributed by atoms with Gasteiger partial charge in [0, 0.05) is 0 Å². The molecule has 1 amide bonds. The maximum absolute atomic E-state index is 11.2. The number of methoxy groups -OCH3 is 1. The molecule has 18 heavy (non-hydrogen) atoms. The topological polar surface area (TPSA) is 110 Å². The fraction of sp³-hybridized carbons (Fsp3) is 0.333. The highest BCUT2D eigenvalue weighted by molar-refractivity contribution is 5.89. The fourth-order valence-corrected chi connectivity index (χ4v) is 1.47. The molecule has 6 heteroatoms. The monoisotopic (exact) mass is 253 g/mol. The zero-order valence-corrected chi connectivity index (χ0v) is 9.87. The normalized spacial score (nSPS) is 13.7. The minimum absolute atomic E-state index is 0.331. The van der Waals surface area contributed by atoms with Crippen LogP contribution in [-0.2, 0) is 9.53 Å². The van der Waals surface area contributed by atoms with E-state index in [1.165, 1.54) is 31.4 Å². The van der Waals surface area contributed by atoms with Crippen LogP contribution in [0.3, 0.4) is 0 Å². The molecule has 0 heterocycles. The minimum atomic E-state index is -1.27.